The third-order valence-electron chi connectivity index (χ3n) is 4.89. The van der Waals surface area contributed by atoms with Gasteiger partial charge in [-0.3, -0.25) is 9.78 Å². The second-order valence-electron chi connectivity index (χ2n) is 6.82. The highest BCUT2D eigenvalue weighted by atomic mass is 16.2. The molecule has 1 heterocycles. The summed E-state index contributed by atoms with van der Waals surface area (Å²) in [6.07, 6.45) is 12.4. The number of hydrogen-bond acceptors (Lipinski definition) is 2. The highest BCUT2D eigenvalue weighted by Crippen LogP contribution is 2.35. The topological polar surface area (TPSA) is 33.2 Å². The summed E-state index contributed by atoms with van der Waals surface area (Å²) < 4.78 is 0. The number of hydrogen-bond donors (Lipinski definition) is 0. The number of aryl methyl sites for hydroxylation is 1. The van der Waals surface area contributed by atoms with Crippen LogP contribution in [0.3, 0.4) is 0 Å². The maximum Gasteiger partial charge on any atom is 0.223 e. The van der Waals surface area contributed by atoms with Gasteiger partial charge in [-0.15, -0.1) is 0 Å². The third kappa shape index (κ3) is 3.08. The van der Waals surface area contributed by atoms with Crippen LogP contribution in [0.15, 0.2) is 30.5 Å². The van der Waals surface area contributed by atoms with Crippen molar-refractivity contribution >= 4 is 5.91 Å². The van der Waals surface area contributed by atoms with E-state index in [4.69, 9.17) is 0 Å². The predicted molar refractivity (Wildman–Crippen MR) is 88.4 cm³/mol. The lowest BCUT2D eigenvalue weighted by molar-refractivity contribution is -0.137. The Kier molecular flexibility index (Phi) is 4.60. The van der Waals surface area contributed by atoms with E-state index in [1.54, 1.807) is 0 Å². The number of allylic oxidation sites excluding steroid dienone is 2. The number of fused-ring (bicyclic) bond motifs is 1. The van der Waals surface area contributed by atoms with Gasteiger partial charge in [-0.1, -0.05) is 18.2 Å². The van der Waals surface area contributed by atoms with Gasteiger partial charge in [0, 0.05) is 18.7 Å². The monoisotopic (exact) mass is 298 g/mol. The molecule has 0 saturated heterocycles. The Morgan fingerprint density at radius 3 is 3.00 bits per heavy atom. The van der Waals surface area contributed by atoms with Gasteiger partial charge in [0.05, 0.1) is 11.7 Å². The van der Waals surface area contributed by atoms with Crippen molar-refractivity contribution in [2.24, 2.45) is 5.92 Å². The lowest BCUT2D eigenvalue weighted by atomic mass is 9.89. The van der Waals surface area contributed by atoms with Crippen LogP contribution in [0.5, 0.6) is 0 Å². The summed E-state index contributed by atoms with van der Waals surface area (Å²) in [5.41, 5.74) is 2.44. The lowest BCUT2D eigenvalue weighted by Crippen LogP contribution is -2.42. The van der Waals surface area contributed by atoms with Crippen LogP contribution in [-0.2, 0) is 11.2 Å². The molecule has 2 aliphatic carbocycles. The fourth-order valence-corrected chi connectivity index (χ4v) is 3.87. The van der Waals surface area contributed by atoms with E-state index >= 15 is 0 Å². The summed E-state index contributed by atoms with van der Waals surface area (Å²) in [4.78, 5) is 19.6. The van der Waals surface area contributed by atoms with E-state index in [9.17, 15) is 4.79 Å². The van der Waals surface area contributed by atoms with Crippen LogP contribution in [0, 0.1) is 5.92 Å². The Bertz CT molecular complexity index is 564. The van der Waals surface area contributed by atoms with Crippen LogP contribution < -0.4 is 0 Å². The average Bonchev–Trinajstić information content (AvgIpc) is 3.00. The number of amides is 1. The number of nitrogens with zero attached hydrogens (tertiary/aromatic N) is 2. The van der Waals surface area contributed by atoms with Gasteiger partial charge in [0.25, 0.3) is 0 Å². The summed E-state index contributed by atoms with van der Waals surface area (Å²) >= 11 is 0. The Balaban J connectivity index is 1.82. The fraction of sp³-hybridized carbons (Fsp3) is 0.579. The van der Waals surface area contributed by atoms with Crippen molar-refractivity contribution in [2.45, 2.75) is 64.5 Å². The third-order valence-corrected chi connectivity index (χ3v) is 4.89. The Labute approximate surface area is 133 Å². The molecule has 0 saturated carbocycles. The summed E-state index contributed by atoms with van der Waals surface area (Å²) in [6, 6.07) is 4.54. The van der Waals surface area contributed by atoms with Crippen LogP contribution in [0.1, 0.15) is 63.3 Å². The largest absolute Gasteiger partial charge is 0.332 e. The van der Waals surface area contributed by atoms with Crippen molar-refractivity contribution in [3.8, 4) is 0 Å². The van der Waals surface area contributed by atoms with E-state index in [2.05, 4.69) is 41.9 Å². The Morgan fingerprint density at radius 2 is 2.27 bits per heavy atom. The smallest absolute Gasteiger partial charge is 0.223 e. The molecule has 0 aliphatic heterocycles. The second-order valence-corrected chi connectivity index (χ2v) is 6.82. The number of carbonyl (C=O) groups is 1. The first-order valence-corrected chi connectivity index (χ1v) is 8.58. The van der Waals surface area contributed by atoms with Crippen LogP contribution in [-0.4, -0.2) is 21.8 Å². The SMILES string of the molecule is CC(C)N(C(=O)CC1C=CCC1)C1CCCc2cccnc21. The van der Waals surface area contributed by atoms with E-state index in [0.717, 1.165) is 37.8 Å². The van der Waals surface area contributed by atoms with Gasteiger partial charge in [0.1, 0.15) is 0 Å². The van der Waals surface area contributed by atoms with Crippen molar-refractivity contribution in [1.82, 2.24) is 9.88 Å². The van der Waals surface area contributed by atoms with Crippen LogP contribution in [0.25, 0.3) is 0 Å². The zero-order valence-corrected chi connectivity index (χ0v) is 13.7. The van der Waals surface area contributed by atoms with Gasteiger partial charge in [-0.25, -0.2) is 0 Å². The molecule has 1 amide bonds. The zero-order chi connectivity index (χ0) is 15.5. The minimum absolute atomic E-state index is 0.155. The zero-order valence-electron chi connectivity index (χ0n) is 13.7. The predicted octanol–water partition coefficient (Wildman–Crippen LogP) is 4.05. The average molecular weight is 298 g/mol. The van der Waals surface area contributed by atoms with E-state index in [0.29, 0.717) is 12.3 Å². The molecule has 2 aliphatic rings. The van der Waals surface area contributed by atoms with Crippen LogP contribution in [0.4, 0.5) is 0 Å². The molecule has 1 aromatic heterocycles. The molecular formula is C19H26N2O. The van der Waals surface area contributed by atoms with Gasteiger partial charge >= 0.3 is 0 Å². The summed E-state index contributed by atoms with van der Waals surface area (Å²) in [5, 5.41) is 0. The first-order chi connectivity index (χ1) is 10.7. The molecule has 2 atom stereocenters. The van der Waals surface area contributed by atoms with Gasteiger partial charge in [-0.05, 0) is 63.5 Å². The van der Waals surface area contributed by atoms with Crippen molar-refractivity contribution < 1.29 is 4.79 Å². The van der Waals surface area contributed by atoms with Crippen molar-refractivity contribution in [3.63, 3.8) is 0 Å². The quantitative estimate of drug-likeness (QED) is 0.786. The van der Waals surface area contributed by atoms with Gasteiger partial charge in [0.15, 0.2) is 0 Å². The molecule has 0 fully saturated rings. The molecule has 3 rings (SSSR count). The van der Waals surface area contributed by atoms with Gasteiger partial charge in [-0.2, -0.15) is 0 Å². The van der Waals surface area contributed by atoms with Crippen LogP contribution in [0.2, 0.25) is 0 Å². The maximum absolute atomic E-state index is 12.9. The van der Waals surface area contributed by atoms with Gasteiger partial charge in [0.2, 0.25) is 5.91 Å². The Hall–Kier alpha value is -1.64. The molecule has 0 spiro atoms. The summed E-state index contributed by atoms with van der Waals surface area (Å²) in [7, 11) is 0. The first-order valence-electron chi connectivity index (χ1n) is 8.58. The molecule has 118 valence electrons. The Morgan fingerprint density at radius 1 is 1.41 bits per heavy atom. The normalized spacial score (nSPS) is 23.6. The molecule has 3 heteroatoms. The molecule has 0 N–H and O–H groups in total. The molecule has 0 radical (unpaired) electrons. The minimum atomic E-state index is 0.155. The van der Waals surface area contributed by atoms with Crippen LogP contribution >= 0.6 is 0 Å². The molecule has 22 heavy (non-hydrogen) atoms. The lowest BCUT2D eigenvalue weighted by Gasteiger charge is -2.38. The number of carbonyl (C=O) groups excluding carboxylic acids is 1. The number of rotatable bonds is 4. The molecule has 2 unspecified atom stereocenters. The van der Waals surface area contributed by atoms with Crippen molar-refractivity contribution in [2.75, 3.05) is 0 Å². The summed E-state index contributed by atoms with van der Waals surface area (Å²) in [6.45, 7) is 4.25. The molecule has 0 bridgehead atoms. The summed E-state index contributed by atoms with van der Waals surface area (Å²) in [5.74, 6) is 0.718. The standard InChI is InChI=1S/C19H26N2O/c1-14(2)21(18(22)13-15-7-3-4-8-15)17-11-5-9-16-10-6-12-20-19(16)17/h3,6-7,10,12,14-15,17H,4-5,8-9,11,13H2,1-2H3. The highest BCUT2D eigenvalue weighted by molar-refractivity contribution is 5.77. The number of aromatic nitrogens is 1. The van der Waals surface area contributed by atoms with E-state index in [1.165, 1.54) is 5.56 Å². The fourth-order valence-electron chi connectivity index (χ4n) is 3.87. The minimum Gasteiger partial charge on any atom is -0.332 e. The highest BCUT2D eigenvalue weighted by Gasteiger charge is 2.32. The van der Waals surface area contributed by atoms with E-state index < -0.39 is 0 Å². The molecule has 1 aromatic rings. The molecular weight excluding hydrogens is 272 g/mol. The molecule has 3 nitrogen and oxygen atoms in total. The molecule has 0 aromatic carbocycles. The maximum atomic E-state index is 12.9. The van der Waals surface area contributed by atoms with Crippen molar-refractivity contribution in [3.05, 3.63) is 41.7 Å². The van der Waals surface area contributed by atoms with E-state index in [-0.39, 0.29) is 18.0 Å². The van der Waals surface area contributed by atoms with Crippen molar-refractivity contribution in [1.29, 1.82) is 0 Å². The first kappa shape index (κ1) is 15.3. The number of pyridine rings is 1. The van der Waals surface area contributed by atoms with Gasteiger partial charge < -0.3 is 4.90 Å². The second kappa shape index (κ2) is 6.64. The van der Waals surface area contributed by atoms with E-state index in [1.807, 2.05) is 12.3 Å².